The average Bonchev–Trinajstić information content (AvgIpc) is 2.70. The number of anilines is 2. The molecule has 2 aromatic carbocycles. The Bertz CT molecular complexity index is 783. The molecule has 0 aliphatic carbocycles. The first-order valence-corrected chi connectivity index (χ1v) is 9.52. The summed E-state index contributed by atoms with van der Waals surface area (Å²) in [6, 6.07) is 14.8. The number of rotatable bonds is 2. The second kappa shape index (κ2) is 6.59. The number of hydrogen-bond donors (Lipinski definition) is 2. The van der Waals surface area contributed by atoms with E-state index in [1.165, 1.54) is 10.5 Å². The van der Waals surface area contributed by atoms with Gasteiger partial charge in [0.1, 0.15) is 0 Å². The molecule has 1 aliphatic rings. The monoisotopic (exact) mass is 326 g/mol. The van der Waals surface area contributed by atoms with Crippen molar-refractivity contribution in [3.63, 3.8) is 0 Å². The molecule has 2 aromatic rings. The first-order valence-electron chi connectivity index (χ1n) is 7.82. The highest BCUT2D eigenvalue weighted by Gasteiger charge is 2.20. The maximum Gasteiger partial charge on any atom is 0.226 e. The molecule has 2 atom stereocenters. The molecule has 23 heavy (non-hydrogen) atoms. The molecule has 4 heteroatoms. The average molecular weight is 326 g/mol. The Kier molecular flexibility index (Phi) is 4.53. The molecular formula is C19H22N2OS. The van der Waals surface area contributed by atoms with Gasteiger partial charge in [-0.3, -0.25) is 4.79 Å². The van der Waals surface area contributed by atoms with E-state index in [0.717, 1.165) is 16.9 Å². The van der Waals surface area contributed by atoms with Gasteiger partial charge in [0, 0.05) is 22.9 Å². The smallest absolute Gasteiger partial charge is 0.226 e. The summed E-state index contributed by atoms with van der Waals surface area (Å²) in [4.78, 5) is 13.3. The van der Waals surface area contributed by atoms with Crippen LogP contribution in [0.15, 0.2) is 47.4 Å². The lowest BCUT2D eigenvalue weighted by Crippen LogP contribution is -2.19. The van der Waals surface area contributed by atoms with Gasteiger partial charge in [-0.2, -0.15) is 10.5 Å². The fourth-order valence-corrected chi connectivity index (χ4v) is 3.71. The van der Waals surface area contributed by atoms with Crippen molar-refractivity contribution >= 4 is 33.1 Å². The molecular weight excluding hydrogens is 304 g/mol. The maximum absolute atomic E-state index is 11.9. The summed E-state index contributed by atoms with van der Waals surface area (Å²) >= 11 is 0. The molecule has 0 aromatic heterocycles. The zero-order chi connectivity index (χ0) is 16.4. The van der Waals surface area contributed by atoms with Crippen LogP contribution in [0, 0.1) is 0 Å². The van der Waals surface area contributed by atoms with Crippen molar-refractivity contribution in [3.8, 4) is 11.1 Å². The molecule has 1 heterocycles. The van der Waals surface area contributed by atoms with Crippen LogP contribution in [0.5, 0.6) is 0 Å². The molecule has 0 fully saturated rings. The summed E-state index contributed by atoms with van der Waals surface area (Å²) in [5.74, 6) is 0.0605. The molecule has 3 nitrogen and oxygen atoms in total. The topological polar surface area (TPSA) is 41.1 Å². The molecule has 0 bridgehead atoms. The van der Waals surface area contributed by atoms with Crippen LogP contribution in [0.25, 0.3) is 11.1 Å². The van der Waals surface area contributed by atoms with E-state index in [4.69, 9.17) is 0 Å². The van der Waals surface area contributed by atoms with E-state index in [9.17, 15) is 4.79 Å². The summed E-state index contributed by atoms with van der Waals surface area (Å²) < 4.78 is 0. The SMILES string of the molecule is C/C=S(\C)c1cccc(-c2cccc3c2N[C@H](C)CC(=O)N3)c1. The zero-order valence-corrected chi connectivity index (χ0v) is 14.5. The number of hydrogen-bond acceptors (Lipinski definition) is 2. The van der Waals surface area contributed by atoms with Gasteiger partial charge < -0.3 is 10.6 Å². The van der Waals surface area contributed by atoms with E-state index in [1.54, 1.807) is 0 Å². The molecule has 1 aliphatic heterocycles. The number of nitrogens with one attached hydrogen (secondary N) is 2. The van der Waals surface area contributed by atoms with Crippen molar-refractivity contribution in [2.24, 2.45) is 0 Å². The molecule has 1 unspecified atom stereocenters. The Labute approximate surface area is 140 Å². The van der Waals surface area contributed by atoms with Gasteiger partial charge in [-0.25, -0.2) is 0 Å². The highest BCUT2D eigenvalue weighted by Crippen LogP contribution is 2.38. The highest BCUT2D eigenvalue weighted by atomic mass is 32.2. The number of carbonyl (C=O) groups excluding carboxylic acids is 1. The van der Waals surface area contributed by atoms with Gasteiger partial charge in [0.2, 0.25) is 5.91 Å². The van der Waals surface area contributed by atoms with Crippen LogP contribution in [0.4, 0.5) is 11.4 Å². The molecule has 0 spiro atoms. The standard InChI is InChI=1S/C19H22N2OS/c1-4-23(3)15-8-5-7-14(12-15)16-9-6-10-17-19(16)20-13(2)11-18(22)21-17/h4-10,12-13,20H,11H2,1-3H3,(H,21,22)/t13-,23?/m1/s1. The van der Waals surface area contributed by atoms with E-state index >= 15 is 0 Å². The van der Waals surface area contributed by atoms with E-state index in [0.29, 0.717) is 6.42 Å². The third-order valence-electron chi connectivity index (χ3n) is 4.09. The van der Waals surface area contributed by atoms with Crippen molar-refractivity contribution in [2.75, 3.05) is 16.9 Å². The normalized spacial score (nSPS) is 18.6. The Balaban J connectivity index is 2.11. The third kappa shape index (κ3) is 3.32. The first kappa shape index (κ1) is 15.8. The van der Waals surface area contributed by atoms with Crippen LogP contribution in [-0.2, 0) is 4.79 Å². The maximum atomic E-state index is 11.9. The Hall–Kier alpha value is -2.07. The number of amides is 1. The van der Waals surface area contributed by atoms with Gasteiger partial charge in [0.05, 0.1) is 11.4 Å². The Morgan fingerprint density at radius 1 is 1.22 bits per heavy atom. The van der Waals surface area contributed by atoms with Crippen LogP contribution in [-0.4, -0.2) is 23.6 Å². The molecule has 0 saturated carbocycles. The van der Waals surface area contributed by atoms with Gasteiger partial charge in [0.25, 0.3) is 0 Å². The van der Waals surface area contributed by atoms with Crippen LogP contribution >= 0.6 is 10.5 Å². The van der Waals surface area contributed by atoms with E-state index < -0.39 is 0 Å². The van der Waals surface area contributed by atoms with Crippen molar-refractivity contribution in [3.05, 3.63) is 42.5 Å². The number of benzene rings is 2. The minimum Gasteiger partial charge on any atom is -0.380 e. The van der Waals surface area contributed by atoms with Crippen LogP contribution < -0.4 is 10.6 Å². The highest BCUT2D eigenvalue weighted by molar-refractivity contribution is 8.14. The van der Waals surface area contributed by atoms with E-state index in [1.807, 2.05) is 19.1 Å². The lowest BCUT2D eigenvalue weighted by atomic mass is 10.0. The van der Waals surface area contributed by atoms with Crippen molar-refractivity contribution < 1.29 is 4.79 Å². The van der Waals surface area contributed by atoms with Gasteiger partial charge in [-0.15, -0.1) is 0 Å². The number of carbonyl (C=O) groups is 1. The van der Waals surface area contributed by atoms with E-state index in [2.05, 4.69) is 59.5 Å². The molecule has 0 radical (unpaired) electrons. The van der Waals surface area contributed by atoms with Crippen molar-refractivity contribution in [2.45, 2.75) is 31.2 Å². The fourth-order valence-electron chi connectivity index (χ4n) is 2.83. The van der Waals surface area contributed by atoms with Crippen LogP contribution in [0.2, 0.25) is 0 Å². The molecule has 120 valence electrons. The largest absolute Gasteiger partial charge is 0.380 e. The summed E-state index contributed by atoms with van der Waals surface area (Å²) in [7, 11) is 0.143. The second-order valence-electron chi connectivity index (χ2n) is 5.85. The Morgan fingerprint density at radius 2 is 2.00 bits per heavy atom. The van der Waals surface area contributed by atoms with Crippen molar-refractivity contribution in [1.29, 1.82) is 0 Å². The molecule has 2 N–H and O–H groups in total. The fraction of sp³-hybridized carbons (Fsp3) is 0.263. The molecule has 1 amide bonds. The molecule has 0 saturated heterocycles. The van der Waals surface area contributed by atoms with Gasteiger partial charge in [-0.05, 0) is 43.9 Å². The molecule has 3 rings (SSSR count). The third-order valence-corrected chi connectivity index (χ3v) is 5.80. The summed E-state index contributed by atoms with van der Waals surface area (Å²) in [5.41, 5.74) is 4.18. The second-order valence-corrected chi connectivity index (χ2v) is 7.91. The quantitative estimate of drug-likeness (QED) is 0.793. The van der Waals surface area contributed by atoms with E-state index in [-0.39, 0.29) is 22.4 Å². The summed E-state index contributed by atoms with van der Waals surface area (Å²) in [6.45, 7) is 4.14. The first-order chi connectivity index (χ1) is 11.1. The lowest BCUT2D eigenvalue weighted by molar-refractivity contribution is -0.116. The predicted octanol–water partition coefficient (Wildman–Crippen LogP) is 4.58. The number of fused-ring (bicyclic) bond motifs is 1. The van der Waals surface area contributed by atoms with Gasteiger partial charge in [0.15, 0.2) is 0 Å². The van der Waals surface area contributed by atoms with Crippen LogP contribution in [0.3, 0.4) is 0 Å². The van der Waals surface area contributed by atoms with Crippen molar-refractivity contribution in [1.82, 2.24) is 0 Å². The van der Waals surface area contributed by atoms with Gasteiger partial charge >= 0.3 is 0 Å². The Morgan fingerprint density at radius 3 is 2.78 bits per heavy atom. The number of para-hydroxylation sites is 1. The minimum absolute atomic E-state index is 0.0605. The van der Waals surface area contributed by atoms with Gasteiger partial charge in [-0.1, -0.05) is 29.6 Å². The predicted molar refractivity (Wildman–Crippen MR) is 102 cm³/mol. The minimum atomic E-state index is 0.0605. The lowest BCUT2D eigenvalue weighted by Gasteiger charge is -2.17. The summed E-state index contributed by atoms with van der Waals surface area (Å²) in [5, 5.41) is 8.73. The zero-order valence-electron chi connectivity index (χ0n) is 13.7. The van der Waals surface area contributed by atoms with Crippen LogP contribution in [0.1, 0.15) is 20.3 Å². The summed E-state index contributed by atoms with van der Waals surface area (Å²) in [6.07, 6.45) is 2.71.